The van der Waals surface area contributed by atoms with E-state index < -0.39 is 6.10 Å². The molecule has 2 aromatic rings. The number of nitrogens with zero attached hydrogens (tertiary/aromatic N) is 4. The van der Waals surface area contributed by atoms with Crippen LogP contribution in [0.2, 0.25) is 0 Å². The predicted molar refractivity (Wildman–Crippen MR) is 66.5 cm³/mol. The Hall–Kier alpha value is -1.60. The summed E-state index contributed by atoms with van der Waals surface area (Å²) in [6.07, 6.45) is -0.621. The molecule has 0 amide bonds. The minimum atomic E-state index is -0.621. The number of aliphatic hydroxyl groups excluding tert-OH is 1. The molecule has 0 spiro atoms. The van der Waals surface area contributed by atoms with E-state index in [0.29, 0.717) is 10.9 Å². The van der Waals surface area contributed by atoms with Crippen molar-refractivity contribution in [2.45, 2.75) is 23.1 Å². The Morgan fingerprint density at radius 3 is 2.78 bits per heavy atom. The summed E-state index contributed by atoms with van der Waals surface area (Å²) in [6.45, 7) is 1.71. The molecule has 18 heavy (non-hydrogen) atoms. The monoisotopic (exact) mass is 266 g/mol. The molecule has 0 aliphatic heterocycles. The van der Waals surface area contributed by atoms with Crippen molar-refractivity contribution in [1.29, 1.82) is 0 Å². The molecular formula is C11H14N4O2S. The van der Waals surface area contributed by atoms with Gasteiger partial charge in [-0.05, 0) is 41.2 Å². The van der Waals surface area contributed by atoms with Crippen molar-refractivity contribution in [1.82, 2.24) is 20.2 Å². The summed E-state index contributed by atoms with van der Waals surface area (Å²) in [4.78, 5) is 0.877. The number of ether oxygens (including phenoxy) is 1. The van der Waals surface area contributed by atoms with Crippen LogP contribution in [-0.2, 0) is 7.05 Å². The molecule has 96 valence electrons. The third-order valence-electron chi connectivity index (χ3n) is 2.45. The third kappa shape index (κ3) is 2.46. The van der Waals surface area contributed by atoms with Crippen LogP contribution in [0.25, 0.3) is 0 Å². The molecule has 0 saturated heterocycles. The largest absolute Gasteiger partial charge is 0.496 e. The SMILES string of the molecule is COc1cccc(Sc2nnnn2C)c1C(C)O. The minimum Gasteiger partial charge on any atom is -0.496 e. The maximum Gasteiger partial charge on any atom is 0.213 e. The molecule has 0 radical (unpaired) electrons. The molecule has 1 aromatic heterocycles. The number of rotatable bonds is 4. The molecule has 1 heterocycles. The van der Waals surface area contributed by atoms with Crippen LogP contribution in [0, 0.1) is 0 Å². The van der Waals surface area contributed by atoms with Gasteiger partial charge in [0.1, 0.15) is 5.75 Å². The first-order valence-electron chi connectivity index (χ1n) is 5.38. The number of aryl methyl sites for hydroxylation is 1. The number of aromatic nitrogens is 4. The van der Waals surface area contributed by atoms with Gasteiger partial charge in [-0.1, -0.05) is 6.07 Å². The van der Waals surface area contributed by atoms with E-state index in [0.717, 1.165) is 10.5 Å². The van der Waals surface area contributed by atoms with Crippen molar-refractivity contribution in [2.24, 2.45) is 7.05 Å². The lowest BCUT2D eigenvalue weighted by Gasteiger charge is -2.14. The van der Waals surface area contributed by atoms with Crippen molar-refractivity contribution >= 4 is 11.8 Å². The Morgan fingerprint density at radius 2 is 2.22 bits per heavy atom. The minimum absolute atomic E-state index is 0.621. The van der Waals surface area contributed by atoms with Crippen molar-refractivity contribution in [3.05, 3.63) is 23.8 Å². The van der Waals surface area contributed by atoms with Gasteiger partial charge < -0.3 is 9.84 Å². The molecule has 1 N–H and O–H groups in total. The zero-order valence-corrected chi connectivity index (χ0v) is 11.2. The van der Waals surface area contributed by atoms with E-state index in [-0.39, 0.29) is 0 Å². The van der Waals surface area contributed by atoms with Crippen molar-refractivity contribution in [2.75, 3.05) is 7.11 Å². The number of tetrazole rings is 1. The van der Waals surface area contributed by atoms with Gasteiger partial charge in [0.25, 0.3) is 0 Å². The fourth-order valence-electron chi connectivity index (χ4n) is 1.61. The number of hydrogen-bond acceptors (Lipinski definition) is 6. The normalized spacial score (nSPS) is 12.4. The molecule has 6 nitrogen and oxygen atoms in total. The highest BCUT2D eigenvalue weighted by atomic mass is 32.2. The fraction of sp³-hybridized carbons (Fsp3) is 0.364. The average molecular weight is 266 g/mol. The molecule has 0 saturated carbocycles. The number of benzene rings is 1. The van der Waals surface area contributed by atoms with E-state index in [2.05, 4.69) is 15.5 Å². The van der Waals surface area contributed by atoms with Crippen LogP contribution in [0.5, 0.6) is 5.75 Å². The van der Waals surface area contributed by atoms with Gasteiger partial charge in [-0.2, -0.15) is 0 Å². The van der Waals surface area contributed by atoms with E-state index in [1.807, 2.05) is 18.2 Å². The van der Waals surface area contributed by atoms with Crippen LogP contribution in [0.3, 0.4) is 0 Å². The Labute approximate surface area is 109 Å². The Morgan fingerprint density at radius 1 is 1.44 bits per heavy atom. The van der Waals surface area contributed by atoms with Gasteiger partial charge in [0.05, 0.1) is 13.2 Å². The molecule has 0 bridgehead atoms. The second kappa shape index (κ2) is 5.36. The van der Waals surface area contributed by atoms with Gasteiger partial charge in [0, 0.05) is 17.5 Å². The van der Waals surface area contributed by atoms with Crippen LogP contribution in [0.15, 0.2) is 28.3 Å². The van der Waals surface area contributed by atoms with E-state index in [9.17, 15) is 5.11 Å². The first-order chi connectivity index (χ1) is 8.63. The molecule has 7 heteroatoms. The van der Waals surface area contributed by atoms with Crippen molar-refractivity contribution < 1.29 is 9.84 Å². The molecule has 0 fully saturated rings. The highest BCUT2D eigenvalue weighted by Gasteiger charge is 2.16. The van der Waals surface area contributed by atoms with E-state index in [4.69, 9.17) is 4.74 Å². The van der Waals surface area contributed by atoms with Gasteiger partial charge >= 0.3 is 0 Å². The summed E-state index contributed by atoms with van der Waals surface area (Å²) in [5.74, 6) is 0.658. The van der Waals surface area contributed by atoms with Crippen LogP contribution in [-0.4, -0.2) is 32.4 Å². The maximum atomic E-state index is 9.86. The molecular weight excluding hydrogens is 252 g/mol. The lowest BCUT2D eigenvalue weighted by molar-refractivity contribution is 0.191. The predicted octanol–water partition coefficient (Wildman–Crippen LogP) is 1.42. The quantitative estimate of drug-likeness (QED) is 0.902. The summed E-state index contributed by atoms with van der Waals surface area (Å²) >= 11 is 1.39. The average Bonchev–Trinajstić information content (AvgIpc) is 2.74. The highest BCUT2D eigenvalue weighted by molar-refractivity contribution is 7.99. The second-order valence-corrected chi connectivity index (χ2v) is 4.74. The summed E-state index contributed by atoms with van der Waals surface area (Å²) in [7, 11) is 3.35. The zero-order chi connectivity index (χ0) is 13.1. The lowest BCUT2D eigenvalue weighted by Crippen LogP contribution is -2.00. The molecule has 1 unspecified atom stereocenters. The summed E-state index contributed by atoms with van der Waals surface area (Å²) in [5, 5.41) is 21.8. The van der Waals surface area contributed by atoms with Gasteiger partial charge in [0.15, 0.2) is 0 Å². The number of hydrogen-bond donors (Lipinski definition) is 1. The molecule has 0 aliphatic carbocycles. The Kier molecular flexibility index (Phi) is 3.83. The van der Waals surface area contributed by atoms with Gasteiger partial charge in [-0.15, -0.1) is 5.10 Å². The fourth-order valence-corrected chi connectivity index (χ4v) is 2.58. The van der Waals surface area contributed by atoms with E-state index in [1.165, 1.54) is 11.8 Å². The molecule has 0 aliphatic rings. The number of aliphatic hydroxyl groups is 1. The van der Waals surface area contributed by atoms with Gasteiger partial charge in [0.2, 0.25) is 5.16 Å². The van der Waals surface area contributed by atoms with Crippen molar-refractivity contribution in [3.63, 3.8) is 0 Å². The second-order valence-electron chi connectivity index (χ2n) is 3.74. The van der Waals surface area contributed by atoms with Crippen LogP contribution in [0.4, 0.5) is 0 Å². The lowest BCUT2D eigenvalue weighted by atomic mass is 10.1. The first-order valence-corrected chi connectivity index (χ1v) is 6.20. The van der Waals surface area contributed by atoms with E-state index >= 15 is 0 Å². The maximum absolute atomic E-state index is 9.86. The summed E-state index contributed by atoms with van der Waals surface area (Å²) in [6, 6.07) is 5.60. The Balaban J connectivity index is 2.41. The summed E-state index contributed by atoms with van der Waals surface area (Å²) < 4.78 is 6.84. The molecule has 1 aromatic carbocycles. The number of methoxy groups -OCH3 is 1. The van der Waals surface area contributed by atoms with Crippen molar-refractivity contribution in [3.8, 4) is 5.75 Å². The van der Waals surface area contributed by atoms with Crippen LogP contribution >= 0.6 is 11.8 Å². The summed E-state index contributed by atoms with van der Waals surface area (Å²) in [5.41, 5.74) is 0.744. The van der Waals surface area contributed by atoms with Crippen LogP contribution < -0.4 is 4.74 Å². The van der Waals surface area contributed by atoms with Gasteiger partial charge in [-0.25, -0.2) is 4.68 Å². The Bertz CT molecular complexity index is 542. The van der Waals surface area contributed by atoms with Gasteiger partial charge in [-0.3, -0.25) is 0 Å². The van der Waals surface area contributed by atoms with Crippen LogP contribution in [0.1, 0.15) is 18.6 Å². The topological polar surface area (TPSA) is 73.1 Å². The standard InChI is InChI=1S/C11H14N4O2S/c1-7(16)10-8(17-3)5-4-6-9(10)18-11-12-13-14-15(11)2/h4-7,16H,1-3H3. The smallest absolute Gasteiger partial charge is 0.213 e. The molecule has 1 atom stereocenters. The zero-order valence-electron chi connectivity index (χ0n) is 10.4. The molecule has 2 rings (SSSR count). The van der Waals surface area contributed by atoms with E-state index in [1.54, 1.807) is 25.8 Å². The highest BCUT2D eigenvalue weighted by Crippen LogP contribution is 2.37. The third-order valence-corrected chi connectivity index (χ3v) is 3.55. The first kappa shape index (κ1) is 12.8.